The lowest BCUT2D eigenvalue weighted by Gasteiger charge is -2.36. The van der Waals surface area contributed by atoms with Gasteiger partial charge in [-0.2, -0.15) is 0 Å². The Balaban J connectivity index is 3.47. The maximum Gasteiger partial charge on any atom is 0.112 e. The molecule has 19 heavy (non-hydrogen) atoms. The van der Waals surface area contributed by atoms with E-state index in [0.717, 1.165) is 10.9 Å². The highest BCUT2D eigenvalue weighted by Gasteiger charge is 2.24. The van der Waals surface area contributed by atoms with E-state index in [0.29, 0.717) is 12.6 Å². The molecule has 1 N–H and O–H groups in total. The topological polar surface area (TPSA) is 20.2 Å². The van der Waals surface area contributed by atoms with Gasteiger partial charge in [-0.3, -0.25) is 0 Å². The summed E-state index contributed by atoms with van der Waals surface area (Å²) in [6.07, 6.45) is 13.6. The standard InChI is InChI=1S/C17H38NO/c1-5-7-8-9-10-11-12-13-14-15-18(3,4)17(6-2)16-19/h17,19H,5-16H2,1-4H3/q+1. The van der Waals surface area contributed by atoms with E-state index >= 15 is 0 Å². The minimum absolute atomic E-state index is 0.320. The smallest absolute Gasteiger partial charge is 0.112 e. The van der Waals surface area contributed by atoms with Gasteiger partial charge in [0, 0.05) is 0 Å². The average molecular weight is 272 g/mol. The van der Waals surface area contributed by atoms with Crippen LogP contribution in [0.2, 0.25) is 0 Å². The Labute approximate surface area is 121 Å². The predicted molar refractivity (Wildman–Crippen MR) is 85.4 cm³/mol. The lowest BCUT2D eigenvalue weighted by molar-refractivity contribution is -0.915. The first-order chi connectivity index (χ1) is 9.08. The van der Waals surface area contributed by atoms with Crippen molar-refractivity contribution in [3.05, 3.63) is 0 Å². The Bertz CT molecular complexity index is 188. The van der Waals surface area contributed by atoms with Crippen molar-refractivity contribution in [3.63, 3.8) is 0 Å². The maximum absolute atomic E-state index is 9.39. The molecule has 0 aliphatic carbocycles. The van der Waals surface area contributed by atoms with Crippen LogP contribution in [0.3, 0.4) is 0 Å². The molecule has 0 aromatic rings. The van der Waals surface area contributed by atoms with Crippen LogP contribution in [-0.2, 0) is 0 Å². The number of quaternary nitrogens is 1. The normalized spacial score (nSPS) is 13.7. The maximum atomic E-state index is 9.39. The third-order valence-corrected chi connectivity index (χ3v) is 4.51. The van der Waals surface area contributed by atoms with E-state index in [1.54, 1.807) is 0 Å². The van der Waals surface area contributed by atoms with Crippen LogP contribution >= 0.6 is 0 Å². The number of likely N-dealkylation sites (N-methyl/N-ethyl adjacent to an activating group) is 1. The number of rotatable bonds is 13. The van der Waals surface area contributed by atoms with Crippen LogP contribution in [0.25, 0.3) is 0 Å². The minimum Gasteiger partial charge on any atom is -0.390 e. The summed E-state index contributed by atoms with van der Waals surface area (Å²) in [5.74, 6) is 0. The number of hydrogen-bond donors (Lipinski definition) is 1. The summed E-state index contributed by atoms with van der Waals surface area (Å²) in [4.78, 5) is 0. The number of aliphatic hydroxyl groups is 1. The average Bonchev–Trinajstić information content (AvgIpc) is 2.38. The van der Waals surface area contributed by atoms with Crippen molar-refractivity contribution in [2.45, 2.75) is 84.1 Å². The molecule has 1 atom stereocenters. The van der Waals surface area contributed by atoms with Crippen LogP contribution < -0.4 is 0 Å². The molecule has 0 aliphatic heterocycles. The van der Waals surface area contributed by atoms with E-state index in [4.69, 9.17) is 0 Å². The second-order valence-corrected chi connectivity index (χ2v) is 6.58. The number of hydrogen-bond acceptors (Lipinski definition) is 1. The second-order valence-electron chi connectivity index (χ2n) is 6.58. The summed E-state index contributed by atoms with van der Waals surface area (Å²) in [5.41, 5.74) is 0. The third kappa shape index (κ3) is 9.45. The molecule has 0 aromatic carbocycles. The molecule has 0 aliphatic rings. The SMILES string of the molecule is CCCCCCCCCCC[N+](C)(C)C(CC)CO. The largest absolute Gasteiger partial charge is 0.390 e. The Hall–Kier alpha value is -0.0800. The third-order valence-electron chi connectivity index (χ3n) is 4.51. The molecule has 116 valence electrons. The molecule has 0 amide bonds. The molecule has 0 saturated heterocycles. The van der Waals surface area contributed by atoms with Gasteiger partial charge in [0.1, 0.15) is 6.04 Å². The van der Waals surface area contributed by atoms with Crippen molar-refractivity contribution in [1.29, 1.82) is 0 Å². The van der Waals surface area contributed by atoms with Gasteiger partial charge in [0.15, 0.2) is 0 Å². The lowest BCUT2D eigenvalue weighted by Crippen LogP contribution is -2.50. The van der Waals surface area contributed by atoms with E-state index in [2.05, 4.69) is 27.9 Å². The number of nitrogens with zero attached hydrogens (tertiary/aromatic N) is 1. The van der Waals surface area contributed by atoms with E-state index < -0.39 is 0 Å². The van der Waals surface area contributed by atoms with Crippen LogP contribution in [0.5, 0.6) is 0 Å². The Morgan fingerprint density at radius 3 is 1.68 bits per heavy atom. The van der Waals surface area contributed by atoms with E-state index in [1.807, 2.05) is 0 Å². The summed E-state index contributed by atoms with van der Waals surface area (Å²) in [5, 5.41) is 9.39. The monoisotopic (exact) mass is 272 g/mol. The summed E-state index contributed by atoms with van der Waals surface area (Å²) >= 11 is 0. The van der Waals surface area contributed by atoms with Gasteiger partial charge < -0.3 is 9.59 Å². The molecule has 2 nitrogen and oxygen atoms in total. The Morgan fingerprint density at radius 1 is 0.789 bits per heavy atom. The molecule has 0 bridgehead atoms. The van der Waals surface area contributed by atoms with Crippen LogP contribution in [0, 0.1) is 0 Å². The zero-order valence-corrected chi connectivity index (χ0v) is 14.0. The number of unbranched alkanes of at least 4 members (excludes halogenated alkanes) is 8. The van der Waals surface area contributed by atoms with Gasteiger partial charge in [-0.1, -0.05) is 58.8 Å². The highest BCUT2D eigenvalue weighted by atomic mass is 16.3. The molecule has 1 unspecified atom stereocenters. The van der Waals surface area contributed by atoms with Crippen molar-refractivity contribution in [3.8, 4) is 0 Å². The van der Waals surface area contributed by atoms with E-state index in [9.17, 15) is 5.11 Å². The van der Waals surface area contributed by atoms with Gasteiger partial charge in [-0.25, -0.2) is 0 Å². The van der Waals surface area contributed by atoms with Crippen LogP contribution in [0.1, 0.15) is 78.1 Å². The second kappa shape index (κ2) is 11.7. The van der Waals surface area contributed by atoms with Crippen molar-refractivity contribution >= 4 is 0 Å². The van der Waals surface area contributed by atoms with Crippen molar-refractivity contribution in [1.82, 2.24) is 0 Å². The minimum atomic E-state index is 0.320. The summed E-state index contributed by atoms with van der Waals surface area (Å²) < 4.78 is 0.976. The van der Waals surface area contributed by atoms with Gasteiger partial charge in [0.2, 0.25) is 0 Å². The highest BCUT2D eigenvalue weighted by molar-refractivity contribution is 4.54. The van der Waals surface area contributed by atoms with Crippen molar-refractivity contribution < 1.29 is 9.59 Å². The molecular formula is C17H38NO+. The fourth-order valence-electron chi connectivity index (χ4n) is 2.86. The lowest BCUT2D eigenvalue weighted by atomic mass is 10.1. The van der Waals surface area contributed by atoms with Gasteiger partial charge in [-0.05, 0) is 19.3 Å². The molecule has 0 rings (SSSR count). The fraction of sp³-hybridized carbons (Fsp3) is 1.00. The first kappa shape index (κ1) is 18.9. The first-order valence-corrected chi connectivity index (χ1v) is 8.52. The van der Waals surface area contributed by atoms with Crippen molar-refractivity contribution in [2.24, 2.45) is 0 Å². The van der Waals surface area contributed by atoms with Gasteiger partial charge >= 0.3 is 0 Å². The van der Waals surface area contributed by atoms with E-state index in [1.165, 1.54) is 64.3 Å². The van der Waals surface area contributed by atoms with Gasteiger partial charge in [-0.15, -0.1) is 0 Å². The van der Waals surface area contributed by atoms with Gasteiger partial charge in [0.25, 0.3) is 0 Å². The zero-order valence-electron chi connectivity index (χ0n) is 14.0. The molecule has 0 radical (unpaired) electrons. The van der Waals surface area contributed by atoms with Crippen LogP contribution in [-0.4, -0.2) is 42.9 Å². The van der Waals surface area contributed by atoms with E-state index in [-0.39, 0.29) is 0 Å². The Morgan fingerprint density at radius 2 is 1.26 bits per heavy atom. The molecular weight excluding hydrogens is 234 g/mol. The number of aliphatic hydroxyl groups excluding tert-OH is 1. The molecule has 0 fully saturated rings. The molecule has 2 heteroatoms. The summed E-state index contributed by atoms with van der Waals surface area (Å²) in [6.45, 7) is 5.98. The fourth-order valence-corrected chi connectivity index (χ4v) is 2.86. The molecule has 0 aromatic heterocycles. The first-order valence-electron chi connectivity index (χ1n) is 8.52. The summed E-state index contributed by atoms with van der Waals surface area (Å²) in [7, 11) is 4.52. The Kier molecular flexibility index (Phi) is 11.7. The van der Waals surface area contributed by atoms with Gasteiger partial charge in [0.05, 0.1) is 27.2 Å². The quantitative estimate of drug-likeness (QED) is 0.390. The molecule has 0 saturated carbocycles. The van der Waals surface area contributed by atoms with Crippen LogP contribution in [0.15, 0.2) is 0 Å². The molecule has 0 heterocycles. The zero-order chi connectivity index (χ0) is 14.6. The predicted octanol–water partition coefficient (Wildman–Crippen LogP) is 4.36. The van der Waals surface area contributed by atoms with Crippen molar-refractivity contribution in [2.75, 3.05) is 27.2 Å². The van der Waals surface area contributed by atoms with Crippen LogP contribution in [0.4, 0.5) is 0 Å². The molecule has 0 spiro atoms. The summed E-state index contributed by atoms with van der Waals surface area (Å²) in [6, 6.07) is 0.411. The highest BCUT2D eigenvalue weighted by Crippen LogP contribution is 2.14.